The maximum atomic E-state index is 13.1. The van der Waals surface area contributed by atoms with Crippen LogP contribution in [0.2, 0.25) is 0 Å². The molecule has 0 bridgehead atoms. The maximum Gasteiger partial charge on any atom is 0.251 e. The number of nitrogens with zero attached hydrogens (tertiary/aromatic N) is 1. The molecule has 0 aliphatic carbocycles. The van der Waals surface area contributed by atoms with Gasteiger partial charge in [0.15, 0.2) is 0 Å². The molecule has 0 aliphatic rings. The highest BCUT2D eigenvalue weighted by atomic mass is 19.1. The van der Waals surface area contributed by atoms with E-state index in [0.29, 0.717) is 12.1 Å². The number of amides is 1. The molecule has 1 amide bonds. The molecule has 4 heteroatoms. The Morgan fingerprint density at radius 3 is 2.30 bits per heavy atom. The molecule has 2 aromatic rings. The van der Waals surface area contributed by atoms with Gasteiger partial charge in [-0.05, 0) is 68.9 Å². The average molecular weight is 314 g/mol. The Hall–Kier alpha value is -2.20. The number of halogens is 1. The van der Waals surface area contributed by atoms with Crippen molar-refractivity contribution >= 4 is 5.91 Å². The summed E-state index contributed by atoms with van der Waals surface area (Å²) in [5, 5.41) is 2.97. The minimum atomic E-state index is -0.259. The molecule has 0 radical (unpaired) electrons. The van der Waals surface area contributed by atoms with Gasteiger partial charge in [0.1, 0.15) is 5.82 Å². The number of benzene rings is 2. The molecule has 2 aromatic carbocycles. The second-order valence-electron chi connectivity index (χ2n) is 6.04. The van der Waals surface area contributed by atoms with Crippen LogP contribution in [-0.2, 0) is 0 Å². The number of rotatable bonds is 5. The number of carbonyl (C=O) groups excluding carboxylic acids is 1. The number of likely N-dealkylation sites (N-methyl/N-ethyl adjacent to an activating group) is 1. The summed E-state index contributed by atoms with van der Waals surface area (Å²) in [5.41, 5.74) is 3.89. The fraction of sp³-hybridized carbons (Fsp3) is 0.316. The van der Waals surface area contributed by atoms with Crippen LogP contribution in [0.3, 0.4) is 0 Å². The minimum absolute atomic E-state index is 0.00825. The van der Waals surface area contributed by atoms with E-state index >= 15 is 0 Å². The van der Waals surface area contributed by atoms with Crippen molar-refractivity contribution in [1.82, 2.24) is 10.2 Å². The summed E-state index contributed by atoms with van der Waals surface area (Å²) in [4.78, 5) is 14.3. The Bertz CT molecular complexity index is 680. The summed E-state index contributed by atoms with van der Waals surface area (Å²) in [7, 11) is 3.88. The summed E-state index contributed by atoms with van der Waals surface area (Å²) in [6.45, 7) is 4.48. The maximum absolute atomic E-state index is 13.1. The van der Waals surface area contributed by atoms with Gasteiger partial charge in [0.05, 0.1) is 6.04 Å². The molecule has 0 fully saturated rings. The normalized spacial score (nSPS) is 12.3. The van der Waals surface area contributed by atoms with Gasteiger partial charge in [-0.25, -0.2) is 4.39 Å². The summed E-state index contributed by atoms with van der Waals surface area (Å²) < 4.78 is 13.1. The number of nitrogens with one attached hydrogen (secondary N) is 1. The highest BCUT2D eigenvalue weighted by molar-refractivity contribution is 5.94. The van der Waals surface area contributed by atoms with E-state index in [9.17, 15) is 9.18 Å². The third-order valence-corrected chi connectivity index (χ3v) is 4.10. The Morgan fingerprint density at radius 2 is 1.74 bits per heavy atom. The van der Waals surface area contributed by atoms with Crippen molar-refractivity contribution < 1.29 is 9.18 Å². The predicted octanol–water partition coefficient (Wildman–Crippen LogP) is 3.48. The topological polar surface area (TPSA) is 32.3 Å². The van der Waals surface area contributed by atoms with Crippen LogP contribution in [-0.4, -0.2) is 31.4 Å². The van der Waals surface area contributed by atoms with Crippen LogP contribution in [0, 0.1) is 19.7 Å². The molecule has 0 aromatic heterocycles. The lowest BCUT2D eigenvalue weighted by molar-refractivity contribution is 0.0942. The monoisotopic (exact) mass is 314 g/mol. The molecule has 0 saturated heterocycles. The summed E-state index contributed by atoms with van der Waals surface area (Å²) >= 11 is 0. The van der Waals surface area contributed by atoms with Crippen molar-refractivity contribution in [2.75, 3.05) is 20.6 Å². The highest BCUT2D eigenvalue weighted by Gasteiger charge is 2.16. The van der Waals surface area contributed by atoms with Crippen molar-refractivity contribution in [3.8, 4) is 0 Å². The SMILES string of the molecule is Cc1ccc(C(=O)NC[C@@H](c2ccc(F)cc2)N(C)C)cc1C. The van der Waals surface area contributed by atoms with Crippen LogP contribution < -0.4 is 5.32 Å². The first-order valence-corrected chi connectivity index (χ1v) is 7.66. The van der Waals surface area contributed by atoms with E-state index in [4.69, 9.17) is 0 Å². The lowest BCUT2D eigenvalue weighted by atomic mass is 10.0. The number of carbonyl (C=O) groups is 1. The molecule has 0 aliphatic heterocycles. The van der Waals surface area contributed by atoms with Crippen molar-refractivity contribution in [2.45, 2.75) is 19.9 Å². The lowest BCUT2D eigenvalue weighted by Crippen LogP contribution is -2.34. The van der Waals surface area contributed by atoms with E-state index < -0.39 is 0 Å². The number of hydrogen-bond donors (Lipinski definition) is 1. The molecule has 0 saturated carbocycles. The largest absolute Gasteiger partial charge is 0.350 e. The molecule has 1 N–H and O–H groups in total. The first kappa shape index (κ1) is 17.2. The van der Waals surface area contributed by atoms with Crippen molar-refractivity contribution in [2.24, 2.45) is 0 Å². The fourth-order valence-corrected chi connectivity index (χ4v) is 2.46. The quantitative estimate of drug-likeness (QED) is 0.916. The first-order chi connectivity index (χ1) is 10.9. The van der Waals surface area contributed by atoms with Gasteiger partial charge in [-0.2, -0.15) is 0 Å². The molecule has 122 valence electrons. The Balaban J connectivity index is 2.07. The van der Waals surface area contributed by atoms with Crippen molar-refractivity contribution in [3.63, 3.8) is 0 Å². The smallest absolute Gasteiger partial charge is 0.251 e. The zero-order chi connectivity index (χ0) is 17.0. The van der Waals surface area contributed by atoms with Gasteiger partial charge >= 0.3 is 0 Å². The zero-order valence-corrected chi connectivity index (χ0v) is 14.1. The lowest BCUT2D eigenvalue weighted by Gasteiger charge is -2.25. The first-order valence-electron chi connectivity index (χ1n) is 7.66. The molecular formula is C19H23FN2O. The number of hydrogen-bond acceptors (Lipinski definition) is 2. The molecule has 0 unspecified atom stereocenters. The Kier molecular flexibility index (Phi) is 5.50. The molecule has 23 heavy (non-hydrogen) atoms. The second kappa shape index (κ2) is 7.38. The molecule has 2 rings (SSSR count). The van der Waals surface area contributed by atoms with Gasteiger partial charge in [0.25, 0.3) is 5.91 Å². The Morgan fingerprint density at radius 1 is 1.09 bits per heavy atom. The van der Waals surface area contributed by atoms with Crippen LogP contribution in [0.5, 0.6) is 0 Å². The van der Waals surface area contributed by atoms with Gasteiger partial charge in [0, 0.05) is 12.1 Å². The second-order valence-corrected chi connectivity index (χ2v) is 6.04. The van der Waals surface area contributed by atoms with E-state index in [0.717, 1.165) is 11.1 Å². The van der Waals surface area contributed by atoms with Crippen molar-refractivity contribution in [3.05, 3.63) is 70.5 Å². The van der Waals surface area contributed by atoms with Crippen LogP contribution in [0.1, 0.15) is 33.1 Å². The van der Waals surface area contributed by atoms with E-state index in [1.807, 2.05) is 51.0 Å². The van der Waals surface area contributed by atoms with Crippen molar-refractivity contribution in [1.29, 1.82) is 0 Å². The molecule has 0 spiro atoms. The van der Waals surface area contributed by atoms with Crippen LogP contribution in [0.25, 0.3) is 0 Å². The van der Waals surface area contributed by atoms with Gasteiger partial charge < -0.3 is 10.2 Å². The molecule has 3 nitrogen and oxygen atoms in total. The summed E-state index contributed by atoms with van der Waals surface area (Å²) in [5.74, 6) is -0.354. The van der Waals surface area contributed by atoms with Crippen LogP contribution in [0.15, 0.2) is 42.5 Å². The van der Waals surface area contributed by atoms with Crippen LogP contribution >= 0.6 is 0 Å². The highest BCUT2D eigenvalue weighted by Crippen LogP contribution is 2.18. The van der Waals surface area contributed by atoms with Crippen LogP contribution in [0.4, 0.5) is 4.39 Å². The van der Waals surface area contributed by atoms with E-state index in [1.165, 1.54) is 17.7 Å². The predicted molar refractivity (Wildman–Crippen MR) is 91.1 cm³/mol. The van der Waals surface area contributed by atoms with E-state index in [-0.39, 0.29) is 17.8 Å². The molecule has 0 heterocycles. The third kappa shape index (κ3) is 4.39. The van der Waals surface area contributed by atoms with E-state index in [2.05, 4.69) is 5.32 Å². The molecular weight excluding hydrogens is 291 g/mol. The summed E-state index contributed by atoms with van der Waals surface area (Å²) in [6.07, 6.45) is 0. The fourth-order valence-electron chi connectivity index (χ4n) is 2.46. The minimum Gasteiger partial charge on any atom is -0.350 e. The van der Waals surface area contributed by atoms with Gasteiger partial charge in [0.2, 0.25) is 0 Å². The zero-order valence-electron chi connectivity index (χ0n) is 14.1. The Labute approximate surface area is 137 Å². The van der Waals surface area contributed by atoms with Gasteiger partial charge in [-0.1, -0.05) is 18.2 Å². The number of aryl methyl sites for hydroxylation is 2. The third-order valence-electron chi connectivity index (χ3n) is 4.10. The average Bonchev–Trinajstić information content (AvgIpc) is 2.51. The van der Waals surface area contributed by atoms with Gasteiger partial charge in [-0.15, -0.1) is 0 Å². The summed E-state index contributed by atoms with van der Waals surface area (Å²) in [6, 6.07) is 12.1. The van der Waals surface area contributed by atoms with Gasteiger partial charge in [-0.3, -0.25) is 4.79 Å². The molecule has 1 atom stereocenters. The van der Waals surface area contributed by atoms with E-state index in [1.54, 1.807) is 12.1 Å². The standard InChI is InChI=1S/C19H23FN2O/c1-13-5-6-16(11-14(13)2)19(23)21-12-18(22(3)4)15-7-9-17(20)10-8-15/h5-11,18H,12H2,1-4H3,(H,21,23)/t18-/m0/s1.